The molecule has 0 unspecified atom stereocenters. The third-order valence-electron chi connectivity index (χ3n) is 2.51. The molecule has 1 aromatic carbocycles. The lowest BCUT2D eigenvalue weighted by Gasteiger charge is -2.07. The van der Waals surface area contributed by atoms with E-state index in [9.17, 15) is 0 Å². The summed E-state index contributed by atoms with van der Waals surface area (Å²) in [6.45, 7) is 5.00. The van der Waals surface area contributed by atoms with Crippen LogP contribution in [0.4, 0.5) is 0 Å². The van der Waals surface area contributed by atoms with Crippen LogP contribution in [-0.4, -0.2) is 15.8 Å². The summed E-state index contributed by atoms with van der Waals surface area (Å²) >= 11 is 9.55. The van der Waals surface area contributed by atoms with Gasteiger partial charge in [0.2, 0.25) is 0 Å². The molecule has 0 amide bonds. The van der Waals surface area contributed by atoms with E-state index >= 15 is 0 Å². The minimum atomic E-state index is 0.452. The average molecular weight is 329 g/mol. The molecular formula is C13H15BrClN3. The fraction of sp³-hybridized carbons (Fsp3) is 0.308. The minimum Gasteiger partial charge on any atom is -0.309 e. The fourth-order valence-corrected chi connectivity index (χ4v) is 2.18. The van der Waals surface area contributed by atoms with Gasteiger partial charge in [-0.05, 0) is 34.1 Å². The number of nitrogens with one attached hydrogen (secondary N) is 1. The van der Waals surface area contributed by atoms with Crippen LogP contribution in [0.3, 0.4) is 0 Å². The molecule has 0 radical (unpaired) electrons. The van der Waals surface area contributed by atoms with Gasteiger partial charge < -0.3 is 5.32 Å². The zero-order chi connectivity index (χ0) is 13.1. The Labute approximate surface area is 120 Å². The Morgan fingerprint density at radius 2 is 2.17 bits per heavy atom. The first-order valence-electron chi connectivity index (χ1n) is 5.80. The molecular weight excluding hydrogens is 314 g/mol. The summed E-state index contributed by atoms with van der Waals surface area (Å²) in [5, 5.41) is 8.54. The van der Waals surface area contributed by atoms with Crippen molar-refractivity contribution in [2.45, 2.75) is 26.4 Å². The lowest BCUT2D eigenvalue weighted by atomic mass is 10.3. The van der Waals surface area contributed by atoms with Crippen LogP contribution < -0.4 is 5.32 Å². The number of hydrogen-bond acceptors (Lipinski definition) is 2. The van der Waals surface area contributed by atoms with Crippen molar-refractivity contribution in [3.05, 3.63) is 45.7 Å². The highest BCUT2D eigenvalue weighted by molar-refractivity contribution is 9.10. The lowest BCUT2D eigenvalue weighted by molar-refractivity contribution is 0.578. The molecule has 1 aromatic heterocycles. The van der Waals surface area contributed by atoms with Gasteiger partial charge in [0, 0.05) is 18.8 Å². The van der Waals surface area contributed by atoms with Gasteiger partial charge in [-0.3, -0.25) is 0 Å². The SMILES string of the molecule is CC(C)NCc1ccn(-c2cccc(Cl)c2Br)n1. The summed E-state index contributed by atoms with van der Waals surface area (Å²) in [5.41, 5.74) is 1.95. The molecule has 0 aliphatic rings. The van der Waals surface area contributed by atoms with E-state index in [0.717, 1.165) is 22.4 Å². The van der Waals surface area contributed by atoms with E-state index < -0.39 is 0 Å². The maximum Gasteiger partial charge on any atom is 0.0802 e. The number of aromatic nitrogens is 2. The third kappa shape index (κ3) is 3.13. The Bertz CT molecular complexity index is 537. The van der Waals surface area contributed by atoms with Crippen LogP contribution in [0.5, 0.6) is 0 Å². The number of nitrogens with zero attached hydrogens (tertiary/aromatic N) is 2. The van der Waals surface area contributed by atoms with E-state index in [1.54, 1.807) is 0 Å². The number of benzene rings is 1. The van der Waals surface area contributed by atoms with E-state index in [1.165, 1.54) is 0 Å². The molecule has 1 N–H and O–H groups in total. The summed E-state index contributed by atoms with van der Waals surface area (Å²) < 4.78 is 2.69. The molecule has 18 heavy (non-hydrogen) atoms. The van der Waals surface area contributed by atoms with Crippen molar-refractivity contribution < 1.29 is 0 Å². The molecule has 0 fully saturated rings. The standard InChI is InChI=1S/C13H15BrClN3/c1-9(2)16-8-10-6-7-18(17-10)12-5-3-4-11(15)13(12)14/h3-7,9,16H,8H2,1-2H3. The smallest absolute Gasteiger partial charge is 0.0802 e. The summed E-state index contributed by atoms with van der Waals surface area (Å²) in [5.74, 6) is 0. The largest absolute Gasteiger partial charge is 0.309 e. The molecule has 0 aliphatic carbocycles. The van der Waals surface area contributed by atoms with E-state index in [4.69, 9.17) is 11.6 Å². The zero-order valence-electron chi connectivity index (χ0n) is 10.3. The van der Waals surface area contributed by atoms with E-state index in [0.29, 0.717) is 11.1 Å². The molecule has 1 heterocycles. The van der Waals surface area contributed by atoms with Gasteiger partial charge in [-0.15, -0.1) is 0 Å². The predicted octanol–water partition coefficient (Wildman–Crippen LogP) is 3.79. The van der Waals surface area contributed by atoms with Gasteiger partial charge in [-0.25, -0.2) is 4.68 Å². The van der Waals surface area contributed by atoms with Crippen LogP contribution in [0, 0.1) is 0 Å². The first kappa shape index (κ1) is 13.6. The van der Waals surface area contributed by atoms with Crippen LogP contribution >= 0.6 is 27.5 Å². The van der Waals surface area contributed by atoms with Gasteiger partial charge in [0.15, 0.2) is 0 Å². The zero-order valence-corrected chi connectivity index (χ0v) is 12.7. The Morgan fingerprint density at radius 1 is 1.39 bits per heavy atom. The molecule has 2 rings (SSSR count). The second kappa shape index (κ2) is 5.87. The summed E-state index contributed by atoms with van der Waals surface area (Å²) in [7, 11) is 0. The van der Waals surface area contributed by atoms with Crippen molar-refractivity contribution in [2.24, 2.45) is 0 Å². The minimum absolute atomic E-state index is 0.452. The van der Waals surface area contributed by atoms with Gasteiger partial charge in [0.25, 0.3) is 0 Å². The lowest BCUT2D eigenvalue weighted by Crippen LogP contribution is -2.22. The first-order chi connectivity index (χ1) is 8.58. The van der Waals surface area contributed by atoms with Gasteiger partial charge >= 0.3 is 0 Å². The van der Waals surface area contributed by atoms with Crippen molar-refractivity contribution in [2.75, 3.05) is 0 Å². The number of halogens is 2. The monoisotopic (exact) mass is 327 g/mol. The maximum absolute atomic E-state index is 6.07. The van der Waals surface area contributed by atoms with Crippen molar-refractivity contribution in [1.29, 1.82) is 0 Å². The molecule has 0 aliphatic heterocycles. The summed E-state index contributed by atoms with van der Waals surface area (Å²) in [4.78, 5) is 0. The first-order valence-corrected chi connectivity index (χ1v) is 6.97. The highest BCUT2D eigenvalue weighted by atomic mass is 79.9. The van der Waals surface area contributed by atoms with Gasteiger partial charge in [-0.1, -0.05) is 31.5 Å². The normalized spacial score (nSPS) is 11.2. The fourth-order valence-electron chi connectivity index (χ4n) is 1.57. The topological polar surface area (TPSA) is 29.9 Å². The molecule has 0 saturated carbocycles. The van der Waals surface area contributed by atoms with Crippen LogP contribution in [0.2, 0.25) is 5.02 Å². The Balaban J connectivity index is 2.21. The van der Waals surface area contributed by atoms with Crippen molar-refractivity contribution in [3.8, 4) is 5.69 Å². The second-order valence-electron chi connectivity index (χ2n) is 4.36. The highest BCUT2D eigenvalue weighted by Crippen LogP contribution is 2.28. The van der Waals surface area contributed by atoms with Gasteiger partial charge in [-0.2, -0.15) is 5.10 Å². The number of hydrogen-bond donors (Lipinski definition) is 1. The second-order valence-corrected chi connectivity index (χ2v) is 5.56. The predicted molar refractivity (Wildman–Crippen MR) is 78.2 cm³/mol. The molecule has 0 spiro atoms. The summed E-state index contributed by atoms with van der Waals surface area (Å²) in [6.07, 6.45) is 1.94. The molecule has 2 aromatic rings. The molecule has 5 heteroatoms. The molecule has 0 atom stereocenters. The van der Waals surface area contributed by atoms with Gasteiger partial charge in [0.05, 0.1) is 20.9 Å². The van der Waals surface area contributed by atoms with Gasteiger partial charge in [0.1, 0.15) is 0 Å². The summed E-state index contributed by atoms with van der Waals surface area (Å²) in [6, 6.07) is 8.19. The molecule has 0 bridgehead atoms. The van der Waals surface area contributed by atoms with Crippen LogP contribution in [0.25, 0.3) is 5.69 Å². The van der Waals surface area contributed by atoms with Crippen molar-refractivity contribution >= 4 is 27.5 Å². The van der Waals surface area contributed by atoms with Crippen LogP contribution in [-0.2, 0) is 6.54 Å². The Kier molecular flexibility index (Phi) is 4.43. The van der Waals surface area contributed by atoms with Crippen molar-refractivity contribution in [3.63, 3.8) is 0 Å². The van der Waals surface area contributed by atoms with Crippen LogP contribution in [0.1, 0.15) is 19.5 Å². The third-order valence-corrected chi connectivity index (χ3v) is 3.89. The van der Waals surface area contributed by atoms with E-state index in [1.807, 2.05) is 35.1 Å². The van der Waals surface area contributed by atoms with E-state index in [-0.39, 0.29) is 0 Å². The quantitative estimate of drug-likeness (QED) is 0.925. The van der Waals surface area contributed by atoms with E-state index in [2.05, 4.69) is 40.2 Å². The molecule has 0 saturated heterocycles. The average Bonchev–Trinajstić information content (AvgIpc) is 2.78. The molecule has 3 nitrogen and oxygen atoms in total. The van der Waals surface area contributed by atoms with Crippen molar-refractivity contribution in [1.82, 2.24) is 15.1 Å². The number of rotatable bonds is 4. The maximum atomic E-state index is 6.07. The van der Waals surface area contributed by atoms with Crippen LogP contribution in [0.15, 0.2) is 34.9 Å². The Hall–Kier alpha value is -0.840. The highest BCUT2D eigenvalue weighted by Gasteiger charge is 2.07. The Morgan fingerprint density at radius 3 is 2.89 bits per heavy atom. The molecule has 96 valence electrons.